The third-order valence-corrected chi connectivity index (χ3v) is 16.2. The topological polar surface area (TPSA) is 29.2 Å². The molecule has 2 aliphatic heterocycles. The van der Waals surface area contributed by atoms with Crippen LogP contribution >= 0.6 is 0 Å². The van der Waals surface area contributed by atoms with Crippen LogP contribution in [-0.2, 0) is 10.8 Å². The van der Waals surface area contributed by atoms with Gasteiger partial charge in [-0.1, -0.05) is 202 Å². The molecule has 10 aromatic carbocycles. The van der Waals surface area contributed by atoms with E-state index in [0.717, 1.165) is 73.1 Å². The van der Waals surface area contributed by atoms with Crippen molar-refractivity contribution in [2.24, 2.45) is 0 Å². The Balaban J connectivity index is 1.15. The first-order chi connectivity index (χ1) is 36.5. The van der Waals surface area contributed by atoms with E-state index < -0.39 is 5.41 Å². The number of hydrogen-bond donors (Lipinski definition) is 0. The van der Waals surface area contributed by atoms with Crippen LogP contribution in [0, 0.1) is 0 Å². The van der Waals surface area contributed by atoms with Crippen LogP contribution in [0.2, 0.25) is 0 Å². The Labute approximate surface area is 430 Å². The van der Waals surface area contributed by atoms with Gasteiger partial charge >= 0.3 is 0 Å². The van der Waals surface area contributed by atoms with Gasteiger partial charge in [0.2, 0.25) is 0 Å². The number of hydrogen-bond acceptors (Lipinski definition) is 3. The third-order valence-electron chi connectivity index (χ3n) is 16.2. The molecule has 0 aliphatic carbocycles. The van der Waals surface area contributed by atoms with Crippen LogP contribution in [0.15, 0.2) is 261 Å². The summed E-state index contributed by atoms with van der Waals surface area (Å²) in [5, 5.41) is 4.80. The predicted molar refractivity (Wildman–Crippen MR) is 306 cm³/mol. The van der Waals surface area contributed by atoms with Gasteiger partial charge in [0.15, 0.2) is 0 Å². The average Bonchev–Trinajstić information content (AvgIpc) is 3.99. The molecule has 3 aromatic heterocycles. The molecule has 5 nitrogen and oxygen atoms in total. The number of anilines is 6. The van der Waals surface area contributed by atoms with Crippen molar-refractivity contribution in [3.8, 4) is 11.4 Å². The van der Waals surface area contributed by atoms with E-state index in [2.05, 4.69) is 288 Å². The van der Waals surface area contributed by atoms with Gasteiger partial charge < -0.3 is 18.9 Å². The molecular formula is C69H49N5. The van der Waals surface area contributed by atoms with Crippen molar-refractivity contribution in [1.29, 1.82) is 0 Å². The van der Waals surface area contributed by atoms with E-state index in [0.29, 0.717) is 0 Å². The second kappa shape index (κ2) is 16.0. The summed E-state index contributed by atoms with van der Waals surface area (Å²) in [6.45, 7) is 4.74. The van der Waals surface area contributed by atoms with E-state index in [1.165, 1.54) is 49.4 Å². The molecule has 5 heterocycles. The van der Waals surface area contributed by atoms with Crippen LogP contribution in [0.1, 0.15) is 47.2 Å². The smallest absolute Gasteiger partial charge is 0.0948 e. The number of pyridine rings is 1. The Morgan fingerprint density at radius 2 is 0.689 bits per heavy atom. The highest BCUT2D eigenvalue weighted by molar-refractivity contribution is 6.13. The summed E-state index contributed by atoms with van der Waals surface area (Å²) in [4.78, 5) is 10.1. The molecule has 0 N–H and O–H groups in total. The molecule has 0 atom stereocenters. The molecule has 5 heteroatoms. The first-order valence-electron chi connectivity index (χ1n) is 25.6. The highest BCUT2D eigenvalue weighted by Gasteiger charge is 2.47. The SMILES string of the molecule is CC1(C)c2ccccc2N(c2c(-n3c4ccccc4c4ccccc43)cc(N3c4ccccc4C(c4ccccc4)(c4ccccc4)c4ccncc43)cc2-n2c3ccccc3c3ccccc32)c2ccccc21. The fourth-order valence-electron chi connectivity index (χ4n) is 13.1. The Bertz CT molecular complexity index is 3990. The second-order valence-corrected chi connectivity index (χ2v) is 20.3. The molecule has 13 aromatic rings. The molecule has 0 amide bonds. The first kappa shape index (κ1) is 42.3. The highest BCUT2D eigenvalue weighted by Crippen LogP contribution is 2.60. The summed E-state index contributed by atoms with van der Waals surface area (Å²) >= 11 is 0. The van der Waals surface area contributed by atoms with Crippen LogP contribution in [0.3, 0.4) is 0 Å². The molecule has 0 radical (unpaired) electrons. The molecule has 15 rings (SSSR count). The lowest BCUT2D eigenvalue weighted by atomic mass is 9.62. The maximum Gasteiger partial charge on any atom is 0.0948 e. The fourth-order valence-corrected chi connectivity index (χ4v) is 13.1. The number of para-hydroxylation sites is 7. The molecule has 74 heavy (non-hydrogen) atoms. The van der Waals surface area contributed by atoms with Gasteiger partial charge in [-0.25, -0.2) is 0 Å². The standard InChI is InChI=1S/C69H49N5/c1-68(2)53-31-13-20-38-61(53)74(62-39-21-14-32-54(62)68)67-64(72-57-34-16-9-27-49(57)50-28-10-17-35-58(50)72)43-48(44-65(67)73-59-36-18-11-29-51(59)52-30-12-19-37-60(52)73)71-63-40-22-15-33-55(63)69(46-23-5-3-6-24-46,47-25-7-4-8-26-47)56-41-42-70-45-66(56)71/h3-45H,1-2H3. The van der Waals surface area contributed by atoms with Gasteiger partial charge in [-0.2, -0.15) is 0 Å². The minimum atomic E-state index is -0.660. The molecule has 0 unspecified atom stereocenters. The molecule has 2 aliphatic rings. The lowest BCUT2D eigenvalue weighted by Crippen LogP contribution is -2.38. The molecule has 0 saturated heterocycles. The predicted octanol–water partition coefficient (Wildman–Crippen LogP) is 17.6. The molecule has 350 valence electrons. The number of benzene rings is 10. The molecule has 0 fully saturated rings. The van der Waals surface area contributed by atoms with Crippen molar-refractivity contribution in [3.05, 3.63) is 294 Å². The normalized spacial score (nSPS) is 14.2. The van der Waals surface area contributed by atoms with Gasteiger partial charge in [0, 0.05) is 33.2 Å². The maximum absolute atomic E-state index is 5.00. The van der Waals surface area contributed by atoms with Gasteiger partial charge in [-0.05, 0) is 94.0 Å². The summed E-state index contributed by atoms with van der Waals surface area (Å²) in [5.74, 6) is 0. The Morgan fingerprint density at radius 3 is 1.15 bits per heavy atom. The van der Waals surface area contributed by atoms with E-state index in [1.54, 1.807) is 0 Å². The van der Waals surface area contributed by atoms with Crippen LogP contribution in [0.5, 0.6) is 0 Å². The zero-order chi connectivity index (χ0) is 49.1. The summed E-state index contributed by atoms with van der Waals surface area (Å²) in [6.07, 6.45) is 4.05. The Morgan fingerprint density at radius 1 is 0.324 bits per heavy atom. The van der Waals surface area contributed by atoms with Crippen molar-refractivity contribution >= 4 is 77.7 Å². The lowest BCUT2D eigenvalue weighted by Gasteiger charge is -2.46. The summed E-state index contributed by atoms with van der Waals surface area (Å²) in [5.41, 5.74) is 19.5. The minimum absolute atomic E-state index is 0.276. The number of rotatable bonds is 6. The van der Waals surface area contributed by atoms with E-state index in [4.69, 9.17) is 4.98 Å². The third kappa shape index (κ3) is 5.78. The summed E-state index contributed by atoms with van der Waals surface area (Å²) in [7, 11) is 0. The zero-order valence-electron chi connectivity index (χ0n) is 41.1. The van der Waals surface area contributed by atoms with Crippen LogP contribution in [-0.4, -0.2) is 14.1 Å². The van der Waals surface area contributed by atoms with Crippen LogP contribution in [0.4, 0.5) is 34.1 Å². The quantitative estimate of drug-likeness (QED) is 0.166. The van der Waals surface area contributed by atoms with Gasteiger partial charge in [-0.3, -0.25) is 4.98 Å². The van der Waals surface area contributed by atoms with Gasteiger partial charge in [0.1, 0.15) is 0 Å². The lowest BCUT2D eigenvalue weighted by molar-refractivity contribution is 0.632. The van der Waals surface area contributed by atoms with E-state index in [9.17, 15) is 0 Å². The Hall–Kier alpha value is -9.45. The average molecular weight is 948 g/mol. The largest absolute Gasteiger partial charge is 0.308 e. The van der Waals surface area contributed by atoms with E-state index >= 15 is 0 Å². The van der Waals surface area contributed by atoms with Crippen molar-refractivity contribution in [2.75, 3.05) is 9.80 Å². The van der Waals surface area contributed by atoms with E-state index in [-0.39, 0.29) is 5.41 Å². The van der Waals surface area contributed by atoms with E-state index in [1.807, 2.05) is 6.20 Å². The molecule has 0 spiro atoms. The highest BCUT2D eigenvalue weighted by atomic mass is 15.2. The van der Waals surface area contributed by atoms with Crippen LogP contribution < -0.4 is 9.80 Å². The zero-order valence-corrected chi connectivity index (χ0v) is 41.1. The maximum atomic E-state index is 5.00. The van der Waals surface area contributed by atoms with Gasteiger partial charge in [-0.15, -0.1) is 0 Å². The van der Waals surface area contributed by atoms with Crippen molar-refractivity contribution in [2.45, 2.75) is 24.7 Å². The minimum Gasteiger partial charge on any atom is -0.308 e. The van der Waals surface area contributed by atoms with Gasteiger partial charge in [0.05, 0.1) is 79.2 Å². The second-order valence-electron chi connectivity index (χ2n) is 20.3. The fraction of sp³-hybridized carbons (Fsp3) is 0.0580. The first-order valence-corrected chi connectivity index (χ1v) is 25.6. The summed E-state index contributed by atoms with van der Waals surface area (Å²) in [6, 6.07) is 92.0. The van der Waals surface area contributed by atoms with Gasteiger partial charge in [0.25, 0.3) is 0 Å². The number of fused-ring (bicyclic) bond motifs is 10. The van der Waals surface area contributed by atoms with Crippen molar-refractivity contribution in [3.63, 3.8) is 0 Å². The van der Waals surface area contributed by atoms with Crippen molar-refractivity contribution < 1.29 is 0 Å². The summed E-state index contributed by atoms with van der Waals surface area (Å²) < 4.78 is 5.06. The van der Waals surface area contributed by atoms with Crippen LogP contribution in [0.25, 0.3) is 55.0 Å². The molecular weight excluding hydrogens is 899 g/mol. The number of nitrogens with zero attached hydrogens (tertiary/aromatic N) is 5. The monoisotopic (exact) mass is 947 g/mol. The Kier molecular flexibility index (Phi) is 9.15. The molecule has 0 bridgehead atoms. The molecule has 0 saturated carbocycles. The van der Waals surface area contributed by atoms with Crippen molar-refractivity contribution in [1.82, 2.24) is 14.1 Å². The number of aromatic nitrogens is 3.